The molecule has 3 rings (SSSR count). The van der Waals surface area contributed by atoms with E-state index in [0.29, 0.717) is 12.1 Å². The van der Waals surface area contributed by atoms with Gasteiger partial charge in [0.25, 0.3) is 0 Å². The quantitative estimate of drug-likeness (QED) is 0.613. The average Bonchev–Trinajstić information content (AvgIpc) is 2.60. The van der Waals surface area contributed by atoms with Gasteiger partial charge in [0.05, 0.1) is 10.6 Å². The molecule has 0 unspecified atom stereocenters. The van der Waals surface area contributed by atoms with Crippen LogP contribution < -0.4 is 0 Å². The van der Waals surface area contributed by atoms with Gasteiger partial charge in [-0.3, -0.25) is 0 Å². The van der Waals surface area contributed by atoms with Crippen molar-refractivity contribution in [3.05, 3.63) is 65.2 Å². The van der Waals surface area contributed by atoms with Crippen LogP contribution in [0.4, 0.5) is 0 Å². The van der Waals surface area contributed by atoms with Crippen LogP contribution >= 0.6 is 0 Å². The van der Waals surface area contributed by atoms with E-state index in [9.17, 15) is 13.2 Å². The lowest BCUT2D eigenvalue weighted by molar-refractivity contribution is -0.140. The van der Waals surface area contributed by atoms with Gasteiger partial charge in [-0.2, -0.15) is 0 Å². The van der Waals surface area contributed by atoms with Crippen molar-refractivity contribution in [2.24, 2.45) is 5.16 Å². The Morgan fingerprint density at radius 3 is 2.42 bits per heavy atom. The summed E-state index contributed by atoms with van der Waals surface area (Å²) in [6, 6.07) is 14.7. The van der Waals surface area contributed by atoms with E-state index in [1.807, 2.05) is 24.3 Å². The molecule has 2 aromatic carbocycles. The van der Waals surface area contributed by atoms with Crippen molar-refractivity contribution >= 4 is 33.2 Å². The Morgan fingerprint density at radius 2 is 1.77 bits per heavy atom. The first-order valence-electron chi connectivity index (χ1n) is 8.19. The fourth-order valence-corrected chi connectivity index (χ4v) is 3.53. The van der Waals surface area contributed by atoms with Gasteiger partial charge in [0.1, 0.15) is 0 Å². The largest absolute Gasteiger partial charge is 0.331 e. The third-order valence-corrected chi connectivity index (χ3v) is 5.28. The number of benzene rings is 2. The minimum absolute atomic E-state index is 0.275. The number of aryl methyl sites for hydroxylation is 1. The van der Waals surface area contributed by atoms with Crippen LogP contribution in [0.3, 0.4) is 0 Å². The molecule has 0 radical (unpaired) electrons. The molecule has 0 fully saturated rings. The molecule has 0 amide bonds. The summed E-state index contributed by atoms with van der Waals surface area (Å²) < 4.78 is 23.2. The molecule has 26 heavy (non-hydrogen) atoms. The maximum Gasteiger partial charge on any atom is 0.331 e. The first kappa shape index (κ1) is 18.1. The van der Waals surface area contributed by atoms with Gasteiger partial charge in [-0.1, -0.05) is 41.6 Å². The van der Waals surface area contributed by atoms with E-state index >= 15 is 0 Å². The van der Waals surface area contributed by atoms with Crippen molar-refractivity contribution in [1.82, 2.24) is 0 Å². The van der Waals surface area contributed by atoms with Gasteiger partial charge in [0, 0.05) is 18.8 Å². The highest BCUT2D eigenvalue weighted by atomic mass is 32.2. The van der Waals surface area contributed by atoms with Crippen LogP contribution in [-0.4, -0.2) is 26.4 Å². The topological polar surface area (TPSA) is 72.8 Å². The van der Waals surface area contributed by atoms with Gasteiger partial charge in [-0.15, -0.1) is 0 Å². The molecule has 5 nitrogen and oxygen atoms in total. The summed E-state index contributed by atoms with van der Waals surface area (Å²) in [5, 5.41) is 4.02. The number of hydrogen-bond donors (Lipinski definition) is 0. The molecular formula is C20H19NO4S. The zero-order valence-electron chi connectivity index (χ0n) is 14.6. The van der Waals surface area contributed by atoms with Crippen LogP contribution in [0.2, 0.25) is 0 Å². The Morgan fingerprint density at radius 1 is 1.08 bits per heavy atom. The summed E-state index contributed by atoms with van der Waals surface area (Å²) >= 11 is 0. The maximum atomic E-state index is 11.6. The summed E-state index contributed by atoms with van der Waals surface area (Å²) in [4.78, 5) is 16.3. The molecule has 2 aromatic rings. The molecule has 0 saturated carbocycles. The minimum Gasteiger partial charge on any atom is -0.318 e. The van der Waals surface area contributed by atoms with E-state index in [4.69, 9.17) is 4.84 Å². The van der Waals surface area contributed by atoms with Crippen LogP contribution in [0.1, 0.15) is 30.0 Å². The first-order valence-corrected chi connectivity index (χ1v) is 10.1. The van der Waals surface area contributed by atoms with E-state index in [0.717, 1.165) is 23.1 Å². The van der Waals surface area contributed by atoms with Crippen molar-refractivity contribution in [3.63, 3.8) is 0 Å². The SMILES string of the molecule is CC(=O)O/N=C1\CCc2ccccc2\C1=C/c1ccc(S(C)(=O)=O)cc1. The number of oxime groups is 1. The highest BCUT2D eigenvalue weighted by Gasteiger charge is 2.20. The monoisotopic (exact) mass is 369 g/mol. The molecule has 134 valence electrons. The standard InChI is InChI=1S/C20H19NO4S/c1-14(22)25-21-20-12-9-16-5-3-4-6-18(16)19(20)13-15-7-10-17(11-8-15)26(2,23)24/h3-8,10-11,13H,9,12H2,1-2H3/b19-13+,21-20+. The number of nitrogens with zero attached hydrogens (tertiary/aromatic N) is 1. The van der Waals surface area contributed by atoms with Crippen LogP contribution in [0.15, 0.2) is 58.6 Å². The van der Waals surface area contributed by atoms with Gasteiger partial charge in [0.15, 0.2) is 9.84 Å². The molecule has 0 N–H and O–H groups in total. The zero-order chi connectivity index (χ0) is 18.7. The lowest BCUT2D eigenvalue weighted by Gasteiger charge is -2.20. The number of carbonyl (C=O) groups excluding carboxylic acids is 1. The van der Waals surface area contributed by atoms with E-state index < -0.39 is 15.8 Å². The highest BCUT2D eigenvalue weighted by Crippen LogP contribution is 2.31. The van der Waals surface area contributed by atoms with Crippen molar-refractivity contribution < 1.29 is 18.0 Å². The Hall–Kier alpha value is -2.73. The molecule has 1 aliphatic rings. The fraction of sp³-hybridized carbons (Fsp3) is 0.200. The molecule has 0 heterocycles. The summed E-state index contributed by atoms with van der Waals surface area (Å²) in [5.74, 6) is -0.465. The van der Waals surface area contributed by atoms with Gasteiger partial charge in [0.2, 0.25) is 0 Å². The Kier molecular flexibility index (Phi) is 5.04. The second-order valence-corrected chi connectivity index (χ2v) is 8.19. The average molecular weight is 369 g/mol. The Balaban J connectivity index is 2.06. The van der Waals surface area contributed by atoms with Crippen LogP contribution in [-0.2, 0) is 25.9 Å². The van der Waals surface area contributed by atoms with Crippen molar-refractivity contribution in [1.29, 1.82) is 0 Å². The molecule has 0 saturated heterocycles. The third kappa shape index (κ3) is 4.08. The smallest absolute Gasteiger partial charge is 0.318 e. The van der Waals surface area contributed by atoms with Gasteiger partial charge in [-0.05, 0) is 47.7 Å². The van der Waals surface area contributed by atoms with Crippen molar-refractivity contribution in [3.8, 4) is 0 Å². The zero-order valence-corrected chi connectivity index (χ0v) is 15.4. The molecule has 6 heteroatoms. The number of rotatable bonds is 3. The fourth-order valence-electron chi connectivity index (χ4n) is 2.90. The molecule has 1 aliphatic carbocycles. The van der Waals surface area contributed by atoms with Gasteiger partial charge < -0.3 is 4.84 Å². The number of sulfone groups is 1. The lowest BCUT2D eigenvalue weighted by atomic mass is 9.85. The molecular weight excluding hydrogens is 350 g/mol. The second kappa shape index (κ2) is 7.25. The molecule has 0 aliphatic heterocycles. The number of allylic oxidation sites excluding steroid dienone is 1. The predicted octanol–water partition coefficient (Wildman–Crippen LogP) is 3.50. The predicted molar refractivity (Wildman–Crippen MR) is 101 cm³/mol. The van der Waals surface area contributed by atoms with Gasteiger partial charge >= 0.3 is 5.97 Å². The van der Waals surface area contributed by atoms with Crippen molar-refractivity contribution in [2.75, 3.05) is 6.26 Å². The van der Waals surface area contributed by atoms with Crippen LogP contribution in [0.5, 0.6) is 0 Å². The first-order chi connectivity index (χ1) is 12.3. The lowest BCUT2D eigenvalue weighted by Crippen LogP contribution is -2.14. The van der Waals surface area contributed by atoms with E-state index in [2.05, 4.69) is 11.2 Å². The van der Waals surface area contributed by atoms with E-state index in [1.54, 1.807) is 24.3 Å². The number of carbonyl (C=O) groups is 1. The minimum atomic E-state index is -3.23. The number of hydrogen-bond acceptors (Lipinski definition) is 5. The Bertz CT molecular complexity index is 1000. The highest BCUT2D eigenvalue weighted by molar-refractivity contribution is 7.90. The third-order valence-electron chi connectivity index (χ3n) is 4.15. The van der Waals surface area contributed by atoms with E-state index in [1.165, 1.54) is 18.7 Å². The summed E-state index contributed by atoms with van der Waals surface area (Å²) in [5.41, 5.74) is 4.66. The second-order valence-electron chi connectivity index (χ2n) is 6.18. The summed E-state index contributed by atoms with van der Waals surface area (Å²) in [7, 11) is -3.23. The molecule has 0 bridgehead atoms. The summed E-state index contributed by atoms with van der Waals surface area (Å²) in [6.45, 7) is 1.31. The molecule has 0 aromatic heterocycles. The Labute approximate surface area is 152 Å². The van der Waals surface area contributed by atoms with Crippen LogP contribution in [0.25, 0.3) is 11.6 Å². The van der Waals surface area contributed by atoms with Crippen LogP contribution in [0, 0.1) is 0 Å². The van der Waals surface area contributed by atoms with Gasteiger partial charge in [-0.25, -0.2) is 13.2 Å². The number of fused-ring (bicyclic) bond motifs is 1. The normalized spacial score (nSPS) is 17.2. The molecule has 0 atom stereocenters. The summed E-state index contributed by atoms with van der Waals surface area (Å²) in [6.07, 6.45) is 4.60. The molecule has 0 spiro atoms. The van der Waals surface area contributed by atoms with E-state index in [-0.39, 0.29) is 4.90 Å². The van der Waals surface area contributed by atoms with Crippen molar-refractivity contribution in [2.45, 2.75) is 24.7 Å². The maximum absolute atomic E-state index is 11.6.